The Balaban J connectivity index is 1.84. The van der Waals surface area contributed by atoms with E-state index >= 15 is 0 Å². The predicted octanol–water partition coefficient (Wildman–Crippen LogP) is 3.07. The van der Waals surface area contributed by atoms with Gasteiger partial charge in [0.15, 0.2) is 6.10 Å². The van der Waals surface area contributed by atoms with Crippen molar-refractivity contribution < 1.29 is 19.1 Å². The standard InChI is InChI=1S/C18H14O4/c19-15-11-12-21-16(13-7-3-1-4-8-13)17(15)22-18(20)14-9-5-2-6-10-14/h1-12,16-17H/t16-,17+/m1/s1. The van der Waals surface area contributed by atoms with Gasteiger partial charge in [-0.1, -0.05) is 48.5 Å². The van der Waals surface area contributed by atoms with Crippen LogP contribution in [0.25, 0.3) is 0 Å². The van der Waals surface area contributed by atoms with E-state index in [-0.39, 0.29) is 5.78 Å². The summed E-state index contributed by atoms with van der Waals surface area (Å²) in [6.45, 7) is 0. The molecule has 0 aliphatic carbocycles. The second kappa shape index (κ2) is 6.26. The molecule has 2 atom stereocenters. The van der Waals surface area contributed by atoms with E-state index in [9.17, 15) is 9.59 Å². The molecule has 2 aromatic carbocycles. The lowest BCUT2D eigenvalue weighted by molar-refractivity contribution is -0.132. The average Bonchev–Trinajstić information content (AvgIpc) is 2.58. The summed E-state index contributed by atoms with van der Waals surface area (Å²) in [5, 5.41) is 0. The summed E-state index contributed by atoms with van der Waals surface area (Å²) in [4.78, 5) is 24.3. The number of hydrogen-bond donors (Lipinski definition) is 0. The average molecular weight is 294 g/mol. The van der Waals surface area contributed by atoms with Gasteiger partial charge in [-0.15, -0.1) is 0 Å². The first-order valence-electron chi connectivity index (χ1n) is 6.92. The third kappa shape index (κ3) is 2.91. The van der Waals surface area contributed by atoms with Crippen molar-refractivity contribution in [2.24, 2.45) is 0 Å². The first kappa shape index (κ1) is 14.1. The van der Waals surface area contributed by atoms with Gasteiger partial charge in [-0.3, -0.25) is 4.79 Å². The van der Waals surface area contributed by atoms with Gasteiger partial charge in [0.25, 0.3) is 0 Å². The van der Waals surface area contributed by atoms with Crippen molar-refractivity contribution in [3.8, 4) is 0 Å². The van der Waals surface area contributed by atoms with Crippen LogP contribution in [0.3, 0.4) is 0 Å². The monoisotopic (exact) mass is 294 g/mol. The largest absolute Gasteiger partial charge is 0.489 e. The molecule has 0 N–H and O–H groups in total. The fraction of sp³-hybridized carbons (Fsp3) is 0.111. The zero-order valence-electron chi connectivity index (χ0n) is 11.7. The van der Waals surface area contributed by atoms with Gasteiger partial charge < -0.3 is 9.47 Å². The molecule has 4 heteroatoms. The normalized spacial score (nSPS) is 20.3. The van der Waals surface area contributed by atoms with Crippen LogP contribution in [0.2, 0.25) is 0 Å². The van der Waals surface area contributed by atoms with Crippen LogP contribution in [0, 0.1) is 0 Å². The highest BCUT2D eigenvalue weighted by molar-refractivity contribution is 5.98. The van der Waals surface area contributed by atoms with Crippen molar-refractivity contribution in [3.05, 3.63) is 84.1 Å². The lowest BCUT2D eigenvalue weighted by Crippen LogP contribution is -2.35. The molecule has 0 fully saturated rings. The predicted molar refractivity (Wildman–Crippen MR) is 80.1 cm³/mol. The van der Waals surface area contributed by atoms with E-state index in [4.69, 9.17) is 9.47 Å². The van der Waals surface area contributed by atoms with E-state index in [1.54, 1.807) is 30.3 Å². The minimum absolute atomic E-state index is 0.288. The van der Waals surface area contributed by atoms with Crippen LogP contribution in [0.15, 0.2) is 73.0 Å². The van der Waals surface area contributed by atoms with Crippen LogP contribution in [0.1, 0.15) is 22.0 Å². The molecule has 1 heterocycles. The van der Waals surface area contributed by atoms with E-state index in [1.807, 2.05) is 30.3 Å². The van der Waals surface area contributed by atoms with Gasteiger partial charge in [-0.25, -0.2) is 4.79 Å². The summed E-state index contributed by atoms with van der Waals surface area (Å²) in [6.07, 6.45) is 1.00. The molecule has 110 valence electrons. The van der Waals surface area contributed by atoms with E-state index in [1.165, 1.54) is 12.3 Å². The van der Waals surface area contributed by atoms with E-state index in [0.29, 0.717) is 5.56 Å². The maximum Gasteiger partial charge on any atom is 0.339 e. The van der Waals surface area contributed by atoms with Crippen LogP contribution in [-0.4, -0.2) is 17.9 Å². The Morgan fingerprint density at radius 1 is 0.955 bits per heavy atom. The van der Waals surface area contributed by atoms with Crippen molar-refractivity contribution in [1.82, 2.24) is 0 Å². The summed E-state index contributed by atoms with van der Waals surface area (Å²) in [5.74, 6) is -0.830. The number of carbonyl (C=O) groups is 2. The molecule has 0 saturated heterocycles. The Labute approximate surface area is 128 Å². The molecule has 0 amide bonds. The maximum atomic E-state index is 12.2. The van der Waals surface area contributed by atoms with Crippen molar-refractivity contribution in [3.63, 3.8) is 0 Å². The molecule has 0 unspecified atom stereocenters. The van der Waals surface area contributed by atoms with E-state index in [0.717, 1.165) is 5.56 Å². The quantitative estimate of drug-likeness (QED) is 0.816. The molecule has 0 bridgehead atoms. The van der Waals surface area contributed by atoms with Crippen molar-refractivity contribution in [2.45, 2.75) is 12.2 Å². The van der Waals surface area contributed by atoms with Crippen LogP contribution in [0.5, 0.6) is 0 Å². The Morgan fingerprint density at radius 2 is 1.59 bits per heavy atom. The van der Waals surface area contributed by atoms with Gasteiger partial charge in [0, 0.05) is 6.08 Å². The Morgan fingerprint density at radius 3 is 2.27 bits per heavy atom. The summed E-state index contributed by atoms with van der Waals surface area (Å²) in [6, 6.07) is 17.8. The van der Waals surface area contributed by atoms with Gasteiger partial charge in [-0.05, 0) is 17.7 Å². The molecule has 3 rings (SSSR count). The fourth-order valence-electron chi connectivity index (χ4n) is 2.28. The third-order valence-electron chi connectivity index (χ3n) is 3.38. The van der Waals surface area contributed by atoms with Crippen LogP contribution in [0.4, 0.5) is 0 Å². The number of hydrogen-bond acceptors (Lipinski definition) is 4. The molecule has 0 spiro atoms. The van der Waals surface area contributed by atoms with Gasteiger partial charge in [0.1, 0.15) is 0 Å². The van der Waals surface area contributed by atoms with Gasteiger partial charge in [-0.2, -0.15) is 0 Å². The molecule has 1 aliphatic heterocycles. The van der Waals surface area contributed by atoms with Gasteiger partial charge in [0.2, 0.25) is 11.9 Å². The van der Waals surface area contributed by atoms with E-state index < -0.39 is 18.2 Å². The summed E-state index contributed by atoms with van der Waals surface area (Å²) >= 11 is 0. The third-order valence-corrected chi connectivity index (χ3v) is 3.38. The fourth-order valence-corrected chi connectivity index (χ4v) is 2.28. The molecule has 1 aliphatic rings. The summed E-state index contributed by atoms with van der Waals surface area (Å²) in [5.41, 5.74) is 1.18. The molecule has 22 heavy (non-hydrogen) atoms. The summed E-state index contributed by atoms with van der Waals surface area (Å²) < 4.78 is 10.9. The first-order chi connectivity index (χ1) is 10.8. The minimum atomic E-state index is -0.986. The summed E-state index contributed by atoms with van der Waals surface area (Å²) in [7, 11) is 0. The number of ether oxygens (including phenoxy) is 2. The highest BCUT2D eigenvalue weighted by Crippen LogP contribution is 2.28. The minimum Gasteiger partial charge on any atom is -0.489 e. The SMILES string of the molecule is O=C(O[C@H]1C(=O)C=CO[C@@H]1c1ccccc1)c1ccccc1. The molecule has 0 aromatic heterocycles. The first-order valence-corrected chi connectivity index (χ1v) is 6.92. The highest BCUT2D eigenvalue weighted by Gasteiger charge is 2.35. The van der Waals surface area contributed by atoms with Gasteiger partial charge in [0.05, 0.1) is 11.8 Å². The maximum absolute atomic E-state index is 12.2. The molecule has 4 nitrogen and oxygen atoms in total. The van der Waals surface area contributed by atoms with Gasteiger partial charge >= 0.3 is 5.97 Å². The Kier molecular flexibility index (Phi) is 4.01. The Hall–Kier alpha value is -2.88. The van der Waals surface area contributed by atoms with Crippen LogP contribution in [-0.2, 0) is 14.3 Å². The lowest BCUT2D eigenvalue weighted by atomic mass is 9.99. The van der Waals surface area contributed by atoms with Crippen LogP contribution >= 0.6 is 0 Å². The van der Waals surface area contributed by atoms with Crippen molar-refractivity contribution >= 4 is 11.8 Å². The number of carbonyl (C=O) groups excluding carboxylic acids is 2. The molecule has 0 saturated carbocycles. The molecular weight excluding hydrogens is 280 g/mol. The zero-order chi connectivity index (χ0) is 15.4. The Bertz CT molecular complexity index is 692. The van der Waals surface area contributed by atoms with Crippen molar-refractivity contribution in [1.29, 1.82) is 0 Å². The number of benzene rings is 2. The lowest BCUT2D eigenvalue weighted by Gasteiger charge is -2.27. The zero-order valence-corrected chi connectivity index (χ0v) is 11.7. The smallest absolute Gasteiger partial charge is 0.339 e. The van der Waals surface area contributed by atoms with E-state index in [2.05, 4.69) is 0 Å². The second-order valence-electron chi connectivity index (χ2n) is 4.86. The number of esters is 1. The molecule has 0 radical (unpaired) electrons. The second-order valence-corrected chi connectivity index (χ2v) is 4.86. The van der Waals surface area contributed by atoms with Crippen LogP contribution < -0.4 is 0 Å². The topological polar surface area (TPSA) is 52.6 Å². The number of rotatable bonds is 3. The molecule has 2 aromatic rings. The molecular formula is C18H14O4. The number of ketones is 1. The highest BCUT2D eigenvalue weighted by atomic mass is 16.6. The van der Waals surface area contributed by atoms with Crippen molar-refractivity contribution in [2.75, 3.05) is 0 Å².